The lowest BCUT2D eigenvalue weighted by molar-refractivity contribution is -0.127. The molecule has 0 aliphatic carbocycles. The van der Waals surface area contributed by atoms with Gasteiger partial charge < -0.3 is 4.90 Å². The van der Waals surface area contributed by atoms with Crippen LogP contribution in [0.2, 0.25) is 0 Å². The summed E-state index contributed by atoms with van der Waals surface area (Å²) in [4.78, 5) is 33.1. The van der Waals surface area contributed by atoms with Gasteiger partial charge in [0.2, 0.25) is 5.91 Å². The van der Waals surface area contributed by atoms with Gasteiger partial charge in [-0.1, -0.05) is 36.4 Å². The van der Waals surface area contributed by atoms with E-state index in [-0.39, 0.29) is 11.5 Å². The summed E-state index contributed by atoms with van der Waals surface area (Å²) < 4.78 is 1.67. The molecule has 2 aliphatic rings. The van der Waals surface area contributed by atoms with E-state index in [2.05, 4.69) is 6.92 Å². The minimum absolute atomic E-state index is 0.0191. The summed E-state index contributed by atoms with van der Waals surface area (Å²) >= 11 is 2.98. The van der Waals surface area contributed by atoms with Crippen LogP contribution in [0, 0.1) is 6.92 Å². The van der Waals surface area contributed by atoms with Crippen LogP contribution in [0.4, 0.5) is 0 Å². The molecule has 1 atom stereocenters. The second kappa shape index (κ2) is 7.72. The minimum Gasteiger partial charge on any atom is -0.342 e. The number of likely N-dealkylation sites (tertiary alicyclic amines) is 1. The van der Waals surface area contributed by atoms with E-state index in [1.807, 2.05) is 36.1 Å². The van der Waals surface area contributed by atoms with E-state index in [4.69, 9.17) is 4.98 Å². The Morgan fingerprint density at radius 2 is 1.96 bits per heavy atom. The fraction of sp³-hybridized carbons (Fsp3) is 0.450. The van der Waals surface area contributed by atoms with Crippen molar-refractivity contribution in [1.29, 1.82) is 0 Å². The van der Waals surface area contributed by atoms with Crippen molar-refractivity contribution in [3.8, 4) is 5.69 Å². The van der Waals surface area contributed by atoms with Gasteiger partial charge in [-0.25, -0.2) is 4.98 Å². The molecule has 1 aromatic carbocycles. The lowest BCUT2D eigenvalue weighted by atomic mass is 10.2. The number of fused-ring (bicyclic) bond motifs is 1. The highest BCUT2D eigenvalue weighted by Gasteiger charge is 2.27. The first-order valence-corrected chi connectivity index (χ1v) is 11.2. The van der Waals surface area contributed by atoms with E-state index < -0.39 is 0 Å². The van der Waals surface area contributed by atoms with Crippen LogP contribution < -0.4 is 5.56 Å². The Morgan fingerprint density at radius 3 is 2.67 bits per heavy atom. The summed E-state index contributed by atoms with van der Waals surface area (Å²) in [6, 6.07) is 7.88. The summed E-state index contributed by atoms with van der Waals surface area (Å²) in [6.07, 6.45) is 2.96. The number of nitrogens with zero attached hydrogens (tertiary/aromatic N) is 3. The third-order valence-electron chi connectivity index (χ3n) is 4.96. The second-order valence-electron chi connectivity index (χ2n) is 7.16. The number of thioether (sulfide) groups is 2. The van der Waals surface area contributed by atoms with Crippen molar-refractivity contribution in [2.75, 3.05) is 18.8 Å². The maximum Gasteiger partial charge on any atom is 0.272 e. The van der Waals surface area contributed by atoms with Gasteiger partial charge in [-0.3, -0.25) is 14.2 Å². The lowest BCUT2D eigenvalue weighted by Crippen LogP contribution is -2.30. The van der Waals surface area contributed by atoms with Crippen LogP contribution in [0.5, 0.6) is 0 Å². The molecule has 1 fully saturated rings. The Bertz CT molecular complexity index is 918. The third-order valence-corrected chi connectivity index (χ3v) is 7.10. The highest BCUT2D eigenvalue weighted by Crippen LogP contribution is 2.35. The highest BCUT2D eigenvalue weighted by atomic mass is 32.2. The van der Waals surface area contributed by atoms with Gasteiger partial charge in [0.05, 0.1) is 22.0 Å². The maximum absolute atomic E-state index is 13.2. The van der Waals surface area contributed by atoms with E-state index in [1.54, 1.807) is 16.3 Å². The van der Waals surface area contributed by atoms with E-state index in [0.29, 0.717) is 16.2 Å². The number of rotatable bonds is 4. The SMILES string of the molecule is Cc1ccc(-n2c(SCC(=O)N3CCCC3)nc3c(c2=O)S[C@@H](C)C3)cc1. The van der Waals surface area contributed by atoms with Crippen molar-refractivity contribution in [3.05, 3.63) is 45.9 Å². The van der Waals surface area contributed by atoms with Crippen molar-refractivity contribution in [1.82, 2.24) is 14.5 Å². The van der Waals surface area contributed by atoms with Crippen LogP contribution in [-0.2, 0) is 11.2 Å². The number of carbonyl (C=O) groups excluding carboxylic acids is 1. The first-order valence-electron chi connectivity index (χ1n) is 9.33. The summed E-state index contributed by atoms with van der Waals surface area (Å²) in [7, 11) is 0. The largest absolute Gasteiger partial charge is 0.342 e. The smallest absolute Gasteiger partial charge is 0.272 e. The Morgan fingerprint density at radius 1 is 1.26 bits per heavy atom. The Labute approximate surface area is 167 Å². The topological polar surface area (TPSA) is 55.2 Å². The van der Waals surface area contributed by atoms with Crippen molar-refractivity contribution >= 4 is 29.4 Å². The molecule has 3 heterocycles. The number of hydrogen-bond donors (Lipinski definition) is 0. The molecule has 0 saturated carbocycles. The molecule has 1 saturated heterocycles. The molecule has 0 spiro atoms. The summed E-state index contributed by atoms with van der Waals surface area (Å²) in [5, 5.41) is 0.975. The van der Waals surface area contributed by atoms with E-state index in [0.717, 1.165) is 54.2 Å². The first kappa shape index (κ1) is 18.6. The summed E-state index contributed by atoms with van der Waals surface area (Å²) in [5.41, 5.74) is 2.80. The van der Waals surface area contributed by atoms with Crippen molar-refractivity contribution in [2.24, 2.45) is 0 Å². The van der Waals surface area contributed by atoms with Gasteiger partial charge in [0.25, 0.3) is 5.56 Å². The van der Waals surface area contributed by atoms with Crippen LogP contribution in [-0.4, -0.2) is 44.5 Å². The zero-order valence-corrected chi connectivity index (χ0v) is 17.2. The molecule has 7 heteroatoms. The standard InChI is InChI=1S/C20H23N3O2S2/c1-13-5-7-15(8-6-13)23-19(25)18-16(11-14(2)27-18)21-20(23)26-12-17(24)22-9-3-4-10-22/h5-8,14H,3-4,9-12H2,1-2H3/t14-/m0/s1. The number of aromatic nitrogens is 2. The van der Waals surface area contributed by atoms with Crippen LogP contribution in [0.3, 0.4) is 0 Å². The van der Waals surface area contributed by atoms with Gasteiger partial charge in [0.1, 0.15) is 0 Å². The number of carbonyl (C=O) groups is 1. The lowest BCUT2D eigenvalue weighted by Gasteiger charge is -2.17. The first-order chi connectivity index (χ1) is 13.0. The van der Waals surface area contributed by atoms with Crippen LogP contribution >= 0.6 is 23.5 Å². The highest BCUT2D eigenvalue weighted by molar-refractivity contribution is 8.00. The molecule has 0 unspecified atom stereocenters. The molecule has 0 N–H and O–H groups in total. The van der Waals surface area contributed by atoms with Crippen molar-refractivity contribution in [3.63, 3.8) is 0 Å². The molecule has 27 heavy (non-hydrogen) atoms. The molecule has 142 valence electrons. The molecule has 4 rings (SSSR count). The Hall–Kier alpha value is -1.73. The predicted molar refractivity (Wildman–Crippen MR) is 110 cm³/mol. The Balaban J connectivity index is 1.69. The van der Waals surface area contributed by atoms with Gasteiger partial charge in [0.15, 0.2) is 5.16 Å². The van der Waals surface area contributed by atoms with Crippen molar-refractivity contribution < 1.29 is 4.79 Å². The van der Waals surface area contributed by atoms with Crippen molar-refractivity contribution in [2.45, 2.75) is 48.4 Å². The monoisotopic (exact) mass is 401 g/mol. The summed E-state index contributed by atoms with van der Waals surface area (Å²) in [6.45, 7) is 5.83. The van der Waals surface area contributed by atoms with Gasteiger partial charge in [-0.2, -0.15) is 0 Å². The second-order valence-corrected chi connectivity index (χ2v) is 9.55. The Kier molecular flexibility index (Phi) is 5.32. The number of hydrogen-bond acceptors (Lipinski definition) is 5. The molecule has 5 nitrogen and oxygen atoms in total. The van der Waals surface area contributed by atoms with E-state index in [1.165, 1.54) is 11.8 Å². The molecular weight excluding hydrogens is 378 g/mol. The number of benzene rings is 1. The normalized spacial score (nSPS) is 18.7. The fourth-order valence-corrected chi connectivity index (χ4v) is 5.53. The van der Waals surface area contributed by atoms with Gasteiger partial charge >= 0.3 is 0 Å². The molecule has 2 aliphatic heterocycles. The maximum atomic E-state index is 13.2. The number of aryl methyl sites for hydroxylation is 1. The van der Waals surface area contributed by atoms with Crippen LogP contribution in [0.25, 0.3) is 5.69 Å². The van der Waals surface area contributed by atoms with E-state index >= 15 is 0 Å². The van der Waals surface area contributed by atoms with Gasteiger partial charge in [-0.15, -0.1) is 11.8 Å². The van der Waals surface area contributed by atoms with E-state index in [9.17, 15) is 9.59 Å². The molecule has 0 bridgehead atoms. The van der Waals surface area contributed by atoms with Crippen LogP contribution in [0.1, 0.15) is 31.0 Å². The molecule has 0 radical (unpaired) electrons. The minimum atomic E-state index is -0.0191. The zero-order chi connectivity index (χ0) is 19.0. The predicted octanol–water partition coefficient (Wildman–Crippen LogP) is 3.29. The molecule has 2 aromatic rings. The van der Waals surface area contributed by atoms with Gasteiger partial charge in [-0.05, 0) is 31.9 Å². The van der Waals surface area contributed by atoms with Gasteiger partial charge in [0, 0.05) is 24.8 Å². The quantitative estimate of drug-likeness (QED) is 0.581. The molecule has 1 aromatic heterocycles. The molecular formula is C20H23N3O2S2. The molecule has 1 amide bonds. The number of amides is 1. The zero-order valence-electron chi connectivity index (χ0n) is 15.6. The fourth-order valence-electron chi connectivity index (χ4n) is 3.50. The average Bonchev–Trinajstić information content (AvgIpc) is 3.30. The average molecular weight is 402 g/mol. The summed E-state index contributed by atoms with van der Waals surface area (Å²) in [5.74, 6) is 0.449. The third kappa shape index (κ3) is 3.80. The van der Waals surface area contributed by atoms with Crippen LogP contribution in [0.15, 0.2) is 39.1 Å².